The van der Waals surface area contributed by atoms with Crippen LogP contribution in [0.3, 0.4) is 0 Å². The van der Waals surface area contributed by atoms with E-state index in [1.807, 2.05) is 20.8 Å². The van der Waals surface area contributed by atoms with Gasteiger partial charge >= 0.3 is 6.09 Å². The summed E-state index contributed by atoms with van der Waals surface area (Å²) in [4.78, 5) is 25.7. The number of hydrogen-bond donors (Lipinski definition) is 2. The quantitative estimate of drug-likeness (QED) is 0.511. The van der Waals surface area contributed by atoms with E-state index >= 15 is 0 Å². The number of halogens is 1. The van der Waals surface area contributed by atoms with Crippen LogP contribution in [0.2, 0.25) is 0 Å². The zero-order chi connectivity index (χ0) is 27.7. The Morgan fingerprint density at radius 2 is 1.89 bits per heavy atom. The first-order valence-electron chi connectivity index (χ1n) is 12.7. The highest BCUT2D eigenvalue weighted by atomic mass is 32.2. The Bertz CT molecular complexity index is 1260. The van der Waals surface area contributed by atoms with Crippen LogP contribution in [-0.4, -0.2) is 76.9 Å². The van der Waals surface area contributed by atoms with Gasteiger partial charge in [0.05, 0.1) is 29.1 Å². The number of thiazole rings is 1. The number of aryl methyl sites for hydroxylation is 1. The number of carbonyl (C=O) groups is 1. The largest absolute Gasteiger partial charge is 0.465 e. The maximum atomic E-state index is 14.8. The van der Waals surface area contributed by atoms with Gasteiger partial charge in [0.25, 0.3) is 5.19 Å². The molecule has 38 heavy (non-hydrogen) atoms. The van der Waals surface area contributed by atoms with Crippen molar-refractivity contribution in [2.45, 2.75) is 83.6 Å². The first-order chi connectivity index (χ1) is 17.8. The molecule has 1 amide bonds. The molecule has 1 aliphatic heterocycles. The minimum absolute atomic E-state index is 0.0236. The van der Waals surface area contributed by atoms with Crippen molar-refractivity contribution in [2.24, 2.45) is 0 Å². The van der Waals surface area contributed by atoms with Crippen molar-refractivity contribution in [1.82, 2.24) is 24.6 Å². The molecule has 0 unspecified atom stereocenters. The first kappa shape index (κ1) is 28.4. The third-order valence-electron chi connectivity index (χ3n) is 6.40. The smallest absolute Gasteiger partial charge is 0.408 e. The van der Waals surface area contributed by atoms with Gasteiger partial charge < -0.3 is 20.1 Å². The number of aromatic nitrogens is 3. The third-order valence-corrected chi connectivity index (χ3v) is 8.76. The second kappa shape index (κ2) is 11.3. The fourth-order valence-electron chi connectivity index (χ4n) is 4.57. The number of sulfonamides is 1. The number of carbonyl (C=O) groups excluding carboxylic acids is 1. The second-order valence-electron chi connectivity index (χ2n) is 10.7. The monoisotopic (exact) mass is 570 g/mol. The lowest BCUT2D eigenvalue weighted by atomic mass is 10.1. The molecule has 1 aliphatic carbocycles. The highest BCUT2D eigenvalue weighted by molar-refractivity contribution is 7.88. The zero-order valence-corrected chi connectivity index (χ0v) is 23.9. The molecule has 2 aromatic heterocycles. The highest BCUT2D eigenvalue weighted by Gasteiger charge is 2.33. The van der Waals surface area contributed by atoms with Crippen molar-refractivity contribution < 1.29 is 27.1 Å². The van der Waals surface area contributed by atoms with Crippen LogP contribution in [0.15, 0.2) is 6.20 Å². The van der Waals surface area contributed by atoms with Gasteiger partial charge in [0.2, 0.25) is 16.0 Å². The predicted molar refractivity (Wildman–Crippen MR) is 142 cm³/mol. The van der Waals surface area contributed by atoms with Crippen molar-refractivity contribution in [1.29, 1.82) is 0 Å². The van der Waals surface area contributed by atoms with E-state index in [4.69, 9.17) is 9.47 Å². The van der Waals surface area contributed by atoms with Gasteiger partial charge in [-0.05, 0) is 59.8 Å². The topological polar surface area (TPSA) is 136 Å². The maximum Gasteiger partial charge on any atom is 0.408 e. The van der Waals surface area contributed by atoms with Crippen LogP contribution in [0, 0.1) is 12.7 Å². The van der Waals surface area contributed by atoms with E-state index in [-0.39, 0.29) is 29.8 Å². The minimum atomic E-state index is -3.22. The van der Waals surface area contributed by atoms with Crippen LogP contribution >= 0.6 is 11.3 Å². The highest BCUT2D eigenvalue weighted by Crippen LogP contribution is 2.36. The molecule has 2 fully saturated rings. The second-order valence-corrected chi connectivity index (χ2v) is 13.6. The van der Waals surface area contributed by atoms with Crippen LogP contribution < -0.4 is 15.4 Å². The molecular weight excluding hydrogens is 535 g/mol. The van der Waals surface area contributed by atoms with Crippen molar-refractivity contribution in [3.63, 3.8) is 0 Å². The molecular formula is C24H35FN6O5S2. The number of nitrogens with zero attached hydrogens (tertiary/aromatic N) is 4. The van der Waals surface area contributed by atoms with E-state index in [1.165, 1.54) is 21.9 Å². The number of amides is 1. The van der Waals surface area contributed by atoms with Crippen LogP contribution in [-0.2, 0) is 14.8 Å². The molecule has 0 bridgehead atoms. The van der Waals surface area contributed by atoms with E-state index in [0.717, 1.165) is 25.5 Å². The first-order valence-corrected chi connectivity index (χ1v) is 15.3. The Morgan fingerprint density at radius 1 is 1.18 bits per heavy atom. The summed E-state index contributed by atoms with van der Waals surface area (Å²) in [7, 11) is -3.22. The normalized spacial score (nSPS) is 21.3. The molecule has 1 saturated heterocycles. The summed E-state index contributed by atoms with van der Waals surface area (Å²) in [6.45, 7) is 8.01. The fraction of sp³-hybridized carbons (Fsp3) is 0.667. The van der Waals surface area contributed by atoms with Crippen LogP contribution in [0.5, 0.6) is 5.19 Å². The lowest BCUT2D eigenvalue weighted by Crippen LogP contribution is -2.44. The Kier molecular flexibility index (Phi) is 8.43. The van der Waals surface area contributed by atoms with Gasteiger partial charge in [-0.2, -0.15) is 0 Å². The van der Waals surface area contributed by atoms with Gasteiger partial charge in [0.1, 0.15) is 17.4 Å². The summed E-state index contributed by atoms with van der Waals surface area (Å²) in [6.07, 6.45) is 5.17. The van der Waals surface area contributed by atoms with Crippen LogP contribution in [0.25, 0.3) is 10.6 Å². The standard InChI is InChI=1S/C24H35FN6O5S2/c1-14-20(37-23(27-14)35-18-8-6-7-17(18)29-22(32)36-24(2,3)4)19-16(25)13-26-21(30-19)28-15-9-11-31(12-10-15)38(5,33)34/h13,15,17-18H,6-12H2,1-5H3,(H,29,32)(H,26,28,30)/t17-,18-/m0/s1. The summed E-state index contributed by atoms with van der Waals surface area (Å²) in [5.41, 5.74) is 0.101. The molecule has 1 saturated carbocycles. The molecule has 2 aliphatic rings. The van der Waals surface area contributed by atoms with Gasteiger partial charge in [0, 0.05) is 19.1 Å². The number of nitrogens with one attached hydrogen (secondary N) is 2. The third kappa shape index (κ3) is 7.29. The van der Waals surface area contributed by atoms with E-state index in [0.29, 0.717) is 41.7 Å². The lowest BCUT2D eigenvalue weighted by Gasteiger charge is -2.30. The molecule has 4 rings (SSSR count). The van der Waals surface area contributed by atoms with Crippen LogP contribution in [0.1, 0.15) is 58.6 Å². The number of alkyl carbamates (subject to hydrolysis) is 1. The van der Waals surface area contributed by atoms with Crippen molar-refractivity contribution >= 4 is 33.4 Å². The maximum absolute atomic E-state index is 14.8. The summed E-state index contributed by atoms with van der Waals surface area (Å²) >= 11 is 1.19. The number of anilines is 1. The van der Waals surface area contributed by atoms with Gasteiger partial charge in [-0.25, -0.2) is 36.9 Å². The lowest BCUT2D eigenvalue weighted by molar-refractivity contribution is 0.0464. The average molecular weight is 571 g/mol. The molecule has 2 atom stereocenters. The summed E-state index contributed by atoms with van der Waals surface area (Å²) in [6, 6.07) is -0.234. The van der Waals surface area contributed by atoms with Gasteiger partial charge in [-0.1, -0.05) is 11.3 Å². The SMILES string of the molecule is Cc1nc(O[C@H]2CCC[C@@H]2NC(=O)OC(C)(C)C)sc1-c1nc(NC2CCN(S(C)(=O)=O)CC2)ncc1F. The molecule has 0 spiro atoms. The molecule has 11 nitrogen and oxygen atoms in total. The van der Waals surface area contributed by atoms with Gasteiger partial charge in [-0.3, -0.25) is 0 Å². The zero-order valence-electron chi connectivity index (χ0n) is 22.3. The van der Waals surface area contributed by atoms with E-state index < -0.39 is 27.5 Å². The van der Waals surface area contributed by atoms with E-state index in [9.17, 15) is 17.6 Å². The van der Waals surface area contributed by atoms with Gasteiger partial charge in [-0.15, -0.1) is 0 Å². The molecule has 210 valence electrons. The number of rotatable bonds is 7. The average Bonchev–Trinajstić information content (AvgIpc) is 3.39. The Labute approximate surface area is 226 Å². The Morgan fingerprint density at radius 3 is 2.55 bits per heavy atom. The van der Waals surface area contributed by atoms with Crippen molar-refractivity contribution in [3.8, 4) is 15.8 Å². The van der Waals surface area contributed by atoms with Crippen molar-refractivity contribution in [2.75, 3.05) is 24.7 Å². The predicted octanol–water partition coefficient (Wildman–Crippen LogP) is 3.71. The van der Waals surface area contributed by atoms with E-state index in [2.05, 4.69) is 25.6 Å². The summed E-state index contributed by atoms with van der Waals surface area (Å²) in [5.74, 6) is -0.307. The van der Waals surface area contributed by atoms with Crippen LogP contribution in [0.4, 0.5) is 15.1 Å². The summed E-state index contributed by atoms with van der Waals surface area (Å²) in [5, 5.41) is 6.47. The number of piperidine rings is 1. The van der Waals surface area contributed by atoms with E-state index in [1.54, 1.807) is 6.92 Å². The fourth-order valence-corrected chi connectivity index (χ4v) is 6.41. The number of ether oxygens (including phenoxy) is 2. The summed E-state index contributed by atoms with van der Waals surface area (Å²) < 4.78 is 51.2. The minimum Gasteiger partial charge on any atom is -0.465 e. The van der Waals surface area contributed by atoms with Gasteiger partial charge in [0.15, 0.2) is 5.82 Å². The molecule has 14 heteroatoms. The van der Waals surface area contributed by atoms with Crippen molar-refractivity contribution in [3.05, 3.63) is 17.7 Å². The molecule has 2 aromatic rings. The molecule has 3 heterocycles. The molecule has 0 aromatic carbocycles. The Balaban J connectivity index is 1.42. The Hall–Kier alpha value is -2.58. The molecule has 2 N–H and O–H groups in total. The molecule has 0 radical (unpaired) electrons. The number of hydrogen-bond acceptors (Lipinski definition) is 10.